The van der Waals surface area contributed by atoms with Crippen molar-refractivity contribution in [1.29, 1.82) is 0 Å². The van der Waals surface area contributed by atoms with Crippen molar-refractivity contribution in [2.45, 2.75) is 271 Å². The lowest BCUT2D eigenvalue weighted by Crippen LogP contribution is -2.46. The summed E-state index contributed by atoms with van der Waals surface area (Å²) >= 11 is 0. The van der Waals surface area contributed by atoms with Crippen molar-refractivity contribution >= 4 is 0 Å². The van der Waals surface area contributed by atoms with Crippen LogP contribution in [0.2, 0.25) is 0 Å². The quantitative estimate of drug-likeness (QED) is 0.0635. The number of piperidine rings is 2. The molecule has 14 atom stereocenters. The van der Waals surface area contributed by atoms with Crippen LogP contribution in [0.3, 0.4) is 0 Å². The van der Waals surface area contributed by atoms with Crippen LogP contribution in [0.5, 0.6) is 0 Å². The summed E-state index contributed by atoms with van der Waals surface area (Å²) in [6, 6.07) is 0. The standard InChI is InChI=1S/C16H30N2O.C15H27NO2.C15H25NO2.C15H27NO.C14H24O2.C14H22O2/c1-14(6-5-10-18-8-3-4-9-18)15-12-17(2)11-7-16(15)13-19-16;2*1-13(5-4-9-16-7-2-3-8-16)14-11-17-10-6-15(14)12-18-15;1-12(2)6-5-7-13(3)14-10-16(4)9-8-15(14)11-17-15;2*1-11(2)5-4-6-12(3)13-9-15-8-7-14(13)10-16-14/h14-15H,3-13H2,1-2H3;13-14H,2-12H2,1H3;2-12H2,1H3;6,13-14H,5,7-11H2,1-4H3;5,12-13H,4,6-10H2,1-3H3;5H,4,6-10H2,1-3H3/b;;14-13+;;;13-12+/t14?,15-,16+;13-,14?,15-;15-;13?,14-,15+;12?,13-,14+;14-/m100110/s1. The van der Waals surface area contributed by atoms with Gasteiger partial charge in [-0.05, 0) is 292 Å². The first-order valence-electron chi connectivity index (χ1n) is 43.1. The first kappa shape index (κ1) is 84.5. The van der Waals surface area contributed by atoms with Gasteiger partial charge in [0.25, 0.3) is 0 Å². The molecule has 0 aromatic rings. The zero-order valence-corrected chi connectivity index (χ0v) is 69.2. The highest BCUT2D eigenvalue weighted by Crippen LogP contribution is 2.51. The van der Waals surface area contributed by atoms with Gasteiger partial charge in [0, 0.05) is 88.7 Å². The van der Waals surface area contributed by atoms with Gasteiger partial charge in [-0.1, -0.05) is 73.8 Å². The Morgan fingerprint density at radius 3 is 1.08 bits per heavy atom. The second-order valence-corrected chi connectivity index (χ2v) is 36.7. The van der Waals surface area contributed by atoms with Crippen LogP contribution in [-0.2, 0) is 47.4 Å². The molecule has 0 saturated carbocycles. The van der Waals surface area contributed by atoms with Crippen molar-refractivity contribution in [1.82, 2.24) is 24.5 Å². The molecule has 0 aromatic carbocycles. The third-order valence-electron chi connectivity index (χ3n) is 27.5. The van der Waals surface area contributed by atoms with Crippen molar-refractivity contribution in [3.8, 4) is 0 Å². The molecule has 0 radical (unpaired) electrons. The van der Waals surface area contributed by atoms with Crippen LogP contribution in [0.25, 0.3) is 0 Å². The van der Waals surface area contributed by atoms with E-state index in [2.05, 4.69) is 140 Å². The highest BCUT2D eigenvalue weighted by Gasteiger charge is 2.58. The molecule has 104 heavy (non-hydrogen) atoms. The number of likely N-dealkylation sites (tertiary alicyclic amines) is 5. The molecule has 596 valence electrons. The van der Waals surface area contributed by atoms with Crippen LogP contribution in [0.1, 0.15) is 237 Å². The van der Waals surface area contributed by atoms with Crippen LogP contribution >= 0.6 is 0 Å². The average Bonchev–Trinajstić information content (AvgIpc) is 1.61. The van der Waals surface area contributed by atoms with E-state index in [0.29, 0.717) is 23.4 Å². The summed E-state index contributed by atoms with van der Waals surface area (Å²) < 4.78 is 56.9. The van der Waals surface area contributed by atoms with Gasteiger partial charge in [-0.2, -0.15) is 0 Å². The minimum atomic E-state index is 0.0906. The second kappa shape index (κ2) is 40.5. The number of hydrogen-bond donors (Lipinski definition) is 0. The Kier molecular flexibility index (Phi) is 32.9. The maximum Gasteiger partial charge on any atom is 0.117 e. The number of ether oxygens (including phenoxy) is 10. The molecule has 0 N–H and O–H groups in total. The highest BCUT2D eigenvalue weighted by molar-refractivity contribution is 5.31. The van der Waals surface area contributed by atoms with E-state index in [9.17, 15) is 0 Å². The molecule has 15 heterocycles. The summed E-state index contributed by atoms with van der Waals surface area (Å²) in [4.78, 5) is 12.8. The number of hydrogen-bond acceptors (Lipinski definition) is 15. The molecule has 15 heteroatoms. The molecule has 15 nitrogen and oxygen atoms in total. The molecule has 0 amide bonds. The van der Waals surface area contributed by atoms with E-state index in [0.717, 1.165) is 161 Å². The van der Waals surface area contributed by atoms with Crippen molar-refractivity contribution in [2.75, 3.05) is 192 Å². The van der Waals surface area contributed by atoms with Crippen LogP contribution in [-0.4, -0.2) is 250 Å². The minimum absolute atomic E-state index is 0.0906. The van der Waals surface area contributed by atoms with Gasteiger partial charge in [-0.3, -0.25) is 0 Å². The lowest BCUT2D eigenvalue weighted by Gasteiger charge is -2.38. The zero-order valence-electron chi connectivity index (χ0n) is 69.2. The van der Waals surface area contributed by atoms with Crippen molar-refractivity contribution < 1.29 is 47.4 Å². The third kappa shape index (κ3) is 25.3. The van der Waals surface area contributed by atoms with Gasteiger partial charge < -0.3 is 71.9 Å². The van der Waals surface area contributed by atoms with E-state index in [4.69, 9.17) is 47.4 Å². The smallest absolute Gasteiger partial charge is 0.117 e. The van der Waals surface area contributed by atoms with Gasteiger partial charge in [-0.15, -0.1) is 0 Å². The lowest BCUT2D eigenvalue weighted by molar-refractivity contribution is -0.0239. The van der Waals surface area contributed by atoms with Crippen LogP contribution in [0.4, 0.5) is 0 Å². The molecule has 0 aromatic heterocycles. The van der Waals surface area contributed by atoms with Gasteiger partial charge in [0.15, 0.2) is 0 Å². The fraction of sp³-hybridized carbons (Fsp3) is 0.888. The first-order valence-corrected chi connectivity index (χ1v) is 43.1. The van der Waals surface area contributed by atoms with Gasteiger partial charge in [-0.25, -0.2) is 0 Å². The molecular formula is C89H155N5O10. The Morgan fingerprint density at radius 1 is 0.375 bits per heavy atom. The molecule has 0 bridgehead atoms. The Morgan fingerprint density at radius 2 is 0.702 bits per heavy atom. The first-order chi connectivity index (χ1) is 50.1. The number of epoxide rings is 6. The van der Waals surface area contributed by atoms with Crippen LogP contribution in [0.15, 0.2) is 57.2 Å². The predicted octanol–water partition coefficient (Wildman–Crippen LogP) is 16.4. The van der Waals surface area contributed by atoms with E-state index in [1.54, 1.807) is 0 Å². The lowest BCUT2D eigenvalue weighted by atomic mass is 9.76. The van der Waals surface area contributed by atoms with Gasteiger partial charge in [0.1, 0.15) is 11.2 Å². The molecule has 6 spiro atoms. The minimum Gasteiger partial charge on any atom is -0.381 e. The summed E-state index contributed by atoms with van der Waals surface area (Å²) in [7, 11) is 4.50. The van der Waals surface area contributed by atoms with Crippen molar-refractivity contribution in [2.24, 2.45) is 47.3 Å². The third-order valence-corrected chi connectivity index (χ3v) is 27.5. The van der Waals surface area contributed by atoms with Crippen LogP contribution < -0.4 is 0 Å². The van der Waals surface area contributed by atoms with Crippen molar-refractivity contribution in [3.63, 3.8) is 0 Å². The molecular weight excluding hydrogens is 1300 g/mol. The topological polar surface area (TPSA) is 128 Å². The average molecular weight is 1460 g/mol. The summed E-state index contributed by atoms with van der Waals surface area (Å²) in [6.45, 7) is 56.6. The maximum atomic E-state index is 5.86. The SMILES string of the molecule is C/C(CCCN1CCCC1)=C1/COCC[C@]12CO2.CC(C)=CCC/C(C)=C1\COCC[C@]12CO2.CC(C)=CCCC(C)[C@H]1CN(C)CC[C@]12CO2.CC(C)=CCCC(C)[C@H]1COCC[C@]12CO2.CC(CCCN1CCCC1)[C@H]1CN(C)CC[C@]12CO2.C[C@@H](CCCN1CCCC1)C1COCC[C@]12CO2. The largest absolute Gasteiger partial charge is 0.381 e. The molecule has 15 aliphatic rings. The van der Waals surface area contributed by atoms with Crippen molar-refractivity contribution in [3.05, 3.63) is 57.2 Å². The second-order valence-electron chi connectivity index (χ2n) is 36.7. The fourth-order valence-electron chi connectivity index (χ4n) is 19.5. The summed E-state index contributed by atoms with van der Waals surface area (Å²) in [6.07, 6.45) is 37.4. The summed E-state index contributed by atoms with van der Waals surface area (Å²) in [5.41, 5.74) is 11.3. The zero-order chi connectivity index (χ0) is 73.8. The van der Waals surface area contributed by atoms with E-state index in [1.807, 2.05) is 0 Å². The molecule has 0 aliphatic carbocycles. The Bertz CT molecular complexity index is 2710. The van der Waals surface area contributed by atoms with E-state index in [-0.39, 0.29) is 28.0 Å². The van der Waals surface area contributed by atoms with E-state index < -0.39 is 0 Å². The van der Waals surface area contributed by atoms with E-state index >= 15 is 0 Å². The van der Waals surface area contributed by atoms with Crippen LogP contribution in [0, 0.1) is 47.3 Å². The molecule has 4 unspecified atom stereocenters. The number of rotatable bonds is 25. The highest BCUT2D eigenvalue weighted by atomic mass is 16.6. The fourth-order valence-corrected chi connectivity index (χ4v) is 19.5. The van der Waals surface area contributed by atoms with Gasteiger partial charge >= 0.3 is 0 Å². The molecule has 15 rings (SSSR count). The predicted molar refractivity (Wildman–Crippen MR) is 425 cm³/mol. The summed E-state index contributed by atoms with van der Waals surface area (Å²) in [5, 5.41) is 0. The Balaban J connectivity index is 0.000000134. The normalized spacial score (nSPS) is 35.5. The van der Waals surface area contributed by atoms with Gasteiger partial charge in [0.05, 0.1) is 102 Å². The number of nitrogens with zero attached hydrogens (tertiary/aromatic N) is 5. The maximum absolute atomic E-state index is 5.86. The van der Waals surface area contributed by atoms with Gasteiger partial charge in [0.2, 0.25) is 0 Å². The Hall–Kier alpha value is -1.90. The molecule has 15 saturated heterocycles. The Labute approximate surface area is 635 Å². The monoisotopic (exact) mass is 1450 g/mol. The van der Waals surface area contributed by atoms with E-state index in [1.165, 1.54) is 240 Å². The molecule has 15 fully saturated rings. The summed E-state index contributed by atoms with van der Waals surface area (Å²) in [5.74, 6) is 5.81. The number of allylic oxidation sites excluding steroid dienone is 8. The molecule has 15 aliphatic heterocycles.